The molecule has 1 aliphatic heterocycles. The van der Waals surface area contributed by atoms with Crippen molar-refractivity contribution in [1.82, 2.24) is 9.62 Å². The number of benzene rings is 1. The molecule has 3 rings (SSSR count). The number of nitrogens with two attached hydrogens (primary N) is 1. The summed E-state index contributed by atoms with van der Waals surface area (Å²) in [4.78, 5) is 16.4. The fraction of sp³-hybridized carbons (Fsp3) is 0.500. The van der Waals surface area contributed by atoms with Gasteiger partial charge >= 0.3 is 6.09 Å². The third-order valence-corrected chi connectivity index (χ3v) is 6.50. The van der Waals surface area contributed by atoms with Crippen molar-refractivity contribution < 1.29 is 22.3 Å². The number of nitrogens with one attached hydrogen (secondary N) is 1. The number of nitrogens with zero attached hydrogens (tertiary/aromatic N) is 2. The SMILES string of the molecule is CN1C(NC(=O)OC(C)(C)C)=NC2(c3cc(N)ccc3F)CC2S1(=O)=O. The molecule has 0 radical (unpaired) electrons. The molecule has 142 valence electrons. The van der Waals surface area contributed by atoms with Gasteiger partial charge in [-0.1, -0.05) is 0 Å². The number of halogens is 1. The van der Waals surface area contributed by atoms with E-state index in [1.165, 1.54) is 25.2 Å². The lowest BCUT2D eigenvalue weighted by molar-refractivity contribution is 0.0559. The largest absolute Gasteiger partial charge is 0.444 e. The number of sulfonamides is 1. The zero-order valence-corrected chi connectivity index (χ0v) is 15.7. The summed E-state index contributed by atoms with van der Waals surface area (Å²) in [5.41, 5.74) is 4.06. The molecule has 2 aliphatic rings. The van der Waals surface area contributed by atoms with Gasteiger partial charge in [-0.15, -0.1) is 0 Å². The average molecular weight is 384 g/mol. The van der Waals surface area contributed by atoms with Crippen LogP contribution in [0, 0.1) is 5.82 Å². The van der Waals surface area contributed by atoms with Crippen molar-refractivity contribution in [1.29, 1.82) is 0 Å². The first-order valence-corrected chi connectivity index (χ1v) is 9.50. The molecule has 2 unspecified atom stereocenters. The number of amides is 1. The molecule has 26 heavy (non-hydrogen) atoms. The Hall–Kier alpha value is -2.36. The molecular formula is C16H21FN4O4S. The van der Waals surface area contributed by atoms with Crippen LogP contribution < -0.4 is 11.1 Å². The van der Waals surface area contributed by atoms with Crippen molar-refractivity contribution in [3.63, 3.8) is 0 Å². The Balaban J connectivity index is 2.02. The van der Waals surface area contributed by atoms with Crippen molar-refractivity contribution in [2.24, 2.45) is 4.99 Å². The number of alkyl carbamates (subject to hydrolysis) is 1. The smallest absolute Gasteiger partial charge is 0.414 e. The molecule has 3 N–H and O–H groups in total. The van der Waals surface area contributed by atoms with Crippen LogP contribution in [-0.4, -0.2) is 42.7 Å². The standard InChI is InChI=1S/C16H21FN4O4S/c1-15(2,3)25-14(22)19-13-20-16(8-12(16)26(23,24)21(13)4)10-7-9(18)5-6-11(10)17/h5-7,12H,8,18H2,1-4H3,(H,19,20,22). The molecular weight excluding hydrogens is 363 g/mol. The van der Waals surface area contributed by atoms with Gasteiger partial charge in [0.25, 0.3) is 0 Å². The first-order chi connectivity index (χ1) is 11.9. The van der Waals surface area contributed by atoms with Gasteiger partial charge in [0.1, 0.15) is 22.2 Å². The van der Waals surface area contributed by atoms with E-state index >= 15 is 0 Å². The number of hydrogen-bond donors (Lipinski definition) is 2. The molecule has 1 fully saturated rings. The van der Waals surface area contributed by atoms with Gasteiger partial charge in [0.05, 0.1) is 0 Å². The third kappa shape index (κ3) is 2.98. The van der Waals surface area contributed by atoms with Crippen LogP contribution in [0.1, 0.15) is 32.8 Å². The molecule has 8 nitrogen and oxygen atoms in total. The minimum absolute atomic E-state index is 0.0997. The molecule has 0 bridgehead atoms. The summed E-state index contributed by atoms with van der Waals surface area (Å²) in [6.45, 7) is 5.03. The summed E-state index contributed by atoms with van der Waals surface area (Å²) in [5.74, 6) is -0.809. The second-order valence-electron chi connectivity index (χ2n) is 7.43. The fourth-order valence-electron chi connectivity index (χ4n) is 2.98. The summed E-state index contributed by atoms with van der Waals surface area (Å²) >= 11 is 0. The van der Waals surface area contributed by atoms with Gasteiger partial charge in [-0.2, -0.15) is 0 Å². The van der Waals surface area contributed by atoms with Crippen LogP contribution in [-0.2, 0) is 20.3 Å². The molecule has 10 heteroatoms. The predicted octanol–water partition coefficient (Wildman–Crippen LogP) is 1.53. The number of nitrogen functional groups attached to an aromatic ring is 1. The summed E-state index contributed by atoms with van der Waals surface area (Å²) in [6.07, 6.45) is -0.736. The van der Waals surface area contributed by atoms with E-state index in [0.717, 1.165) is 4.31 Å². The second kappa shape index (κ2) is 5.57. The Bertz CT molecular complexity index is 909. The molecule has 2 atom stereocenters. The molecule has 1 aromatic carbocycles. The summed E-state index contributed by atoms with van der Waals surface area (Å²) in [7, 11) is -2.53. The maximum Gasteiger partial charge on any atom is 0.414 e. The maximum atomic E-state index is 14.3. The first-order valence-electron chi connectivity index (χ1n) is 8.00. The average Bonchev–Trinajstić information content (AvgIpc) is 3.22. The zero-order valence-electron chi connectivity index (χ0n) is 14.9. The number of aliphatic imine (C=N–C) groups is 1. The van der Waals surface area contributed by atoms with Crippen molar-refractivity contribution in [2.75, 3.05) is 12.8 Å². The van der Waals surface area contributed by atoms with E-state index in [0.29, 0.717) is 5.69 Å². The minimum atomic E-state index is -3.82. The van der Waals surface area contributed by atoms with Crippen LogP contribution in [0.5, 0.6) is 0 Å². The summed E-state index contributed by atoms with van der Waals surface area (Å²) < 4.78 is 45.8. The van der Waals surface area contributed by atoms with E-state index in [9.17, 15) is 17.6 Å². The second-order valence-corrected chi connectivity index (χ2v) is 9.58. The molecule has 0 spiro atoms. The molecule has 1 amide bonds. The number of carbonyl (C=O) groups is 1. The van der Waals surface area contributed by atoms with Crippen LogP contribution in [0.2, 0.25) is 0 Å². The Morgan fingerprint density at radius 2 is 2.12 bits per heavy atom. The third-order valence-electron chi connectivity index (χ3n) is 4.28. The van der Waals surface area contributed by atoms with Crippen molar-refractivity contribution in [3.8, 4) is 0 Å². The monoisotopic (exact) mass is 384 g/mol. The van der Waals surface area contributed by atoms with E-state index in [4.69, 9.17) is 10.5 Å². The van der Waals surface area contributed by atoms with Crippen molar-refractivity contribution in [3.05, 3.63) is 29.6 Å². The Morgan fingerprint density at radius 3 is 2.73 bits per heavy atom. The normalized spacial score (nSPS) is 26.6. The lowest BCUT2D eigenvalue weighted by Gasteiger charge is -2.30. The number of carbonyl (C=O) groups excluding carboxylic acids is 1. The van der Waals surface area contributed by atoms with E-state index in [-0.39, 0.29) is 17.9 Å². The summed E-state index contributed by atoms with van der Waals surface area (Å²) in [6, 6.07) is 3.95. The Labute approximate surface area is 151 Å². The fourth-order valence-corrected chi connectivity index (χ4v) is 4.83. The number of rotatable bonds is 1. The van der Waals surface area contributed by atoms with Gasteiger partial charge in [0.2, 0.25) is 16.0 Å². The predicted molar refractivity (Wildman–Crippen MR) is 94.4 cm³/mol. The number of fused-ring (bicyclic) bond motifs is 1. The van der Waals surface area contributed by atoms with Gasteiger partial charge < -0.3 is 10.5 Å². The quantitative estimate of drug-likeness (QED) is 0.713. The van der Waals surface area contributed by atoms with E-state index in [1.54, 1.807) is 20.8 Å². The van der Waals surface area contributed by atoms with E-state index in [1.807, 2.05) is 0 Å². The first kappa shape index (κ1) is 18.4. The highest BCUT2D eigenvalue weighted by atomic mass is 32.2. The molecule has 1 aliphatic carbocycles. The highest BCUT2D eigenvalue weighted by Gasteiger charge is 2.68. The highest BCUT2D eigenvalue weighted by molar-refractivity contribution is 7.90. The van der Waals surface area contributed by atoms with Crippen molar-refractivity contribution >= 4 is 27.8 Å². The van der Waals surface area contributed by atoms with Crippen molar-refractivity contribution in [2.45, 2.75) is 43.6 Å². The Morgan fingerprint density at radius 1 is 1.46 bits per heavy atom. The van der Waals surface area contributed by atoms with Crippen LogP contribution >= 0.6 is 0 Å². The minimum Gasteiger partial charge on any atom is -0.444 e. The highest BCUT2D eigenvalue weighted by Crippen LogP contribution is 2.57. The van der Waals surface area contributed by atoms with E-state index < -0.39 is 38.3 Å². The maximum absolute atomic E-state index is 14.3. The van der Waals surface area contributed by atoms with Gasteiger partial charge in [-0.05, 0) is 45.4 Å². The molecule has 1 heterocycles. The topological polar surface area (TPSA) is 114 Å². The van der Waals surface area contributed by atoms with Crippen LogP contribution in [0.25, 0.3) is 0 Å². The number of ether oxygens (including phenoxy) is 1. The van der Waals surface area contributed by atoms with Crippen LogP contribution in [0.3, 0.4) is 0 Å². The van der Waals surface area contributed by atoms with Crippen LogP contribution in [0.4, 0.5) is 14.9 Å². The van der Waals surface area contributed by atoms with E-state index in [2.05, 4.69) is 10.3 Å². The van der Waals surface area contributed by atoms with Gasteiger partial charge in [-0.3, -0.25) is 5.32 Å². The lowest BCUT2D eigenvalue weighted by Crippen LogP contribution is -2.51. The number of guanidine groups is 1. The summed E-state index contributed by atoms with van der Waals surface area (Å²) in [5, 5.41) is 1.45. The number of anilines is 1. The molecule has 0 saturated heterocycles. The zero-order chi connectivity index (χ0) is 19.5. The van der Waals surface area contributed by atoms with Gasteiger partial charge in [0.15, 0.2) is 0 Å². The molecule has 1 aromatic rings. The number of hydrogen-bond acceptors (Lipinski definition) is 6. The molecule has 0 aromatic heterocycles. The van der Waals surface area contributed by atoms with Crippen LogP contribution in [0.15, 0.2) is 23.2 Å². The Kier molecular flexibility index (Phi) is 3.95. The molecule has 1 saturated carbocycles. The lowest BCUT2D eigenvalue weighted by atomic mass is 10.0. The van der Waals surface area contributed by atoms with Gasteiger partial charge in [-0.25, -0.2) is 26.9 Å². The van der Waals surface area contributed by atoms with Gasteiger partial charge in [0, 0.05) is 18.3 Å².